The molecule has 2 heteroatoms. The number of anilines is 1. The van der Waals surface area contributed by atoms with Crippen LogP contribution in [0, 0.1) is 0 Å². The zero-order chi connectivity index (χ0) is 10.7. The van der Waals surface area contributed by atoms with E-state index < -0.39 is 0 Å². The third-order valence-electron chi connectivity index (χ3n) is 3.02. The second kappa shape index (κ2) is 4.67. The molecule has 1 N–H and O–H groups in total. The average Bonchev–Trinajstić information content (AvgIpc) is 3.10. The summed E-state index contributed by atoms with van der Waals surface area (Å²) in [7, 11) is 2.19. The van der Waals surface area contributed by atoms with Gasteiger partial charge in [0.05, 0.1) is 0 Å². The van der Waals surface area contributed by atoms with Crippen LogP contribution in [0.4, 0.5) is 5.69 Å². The third-order valence-corrected chi connectivity index (χ3v) is 3.02. The van der Waals surface area contributed by atoms with Crippen molar-refractivity contribution >= 4 is 5.69 Å². The van der Waals surface area contributed by atoms with Crippen LogP contribution in [-0.4, -0.2) is 19.6 Å². The molecule has 0 radical (unpaired) electrons. The van der Waals surface area contributed by atoms with Gasteiger partial charge in [-0.15, -0.1) is 0 Å². The van der Waals surface area contributed by atoms with Crippen molar-refractivity contribution in [2.75, 3.05) is 18.5 Å². The molecule has 1 aromatic rings. The van der Waals surface area contributed by atoms with Gasteiger partial charge < -0.3 is 10.2 Å². The average molecular weight is 204 g/mol. The summed E-state index contributed by atoms with van der Waals surface area (Å²) in [6, 6.07) is 9.69. The lowest BCUT2D eigenvalue weighted by atomic mass is 10.2. The normalized spacial score (nSPS) is 15.3. The Hall–Kier alpha value is -1.02. The Morgan fingerprint density at radius 2 is 1.93 bits per heavy atom. The zero-order valence-corrected chi connectivity index (χ0v) is 9.66. The Morgan fingerprint density at radius 1 is 1.27 bits per heavy atom. The minimum atomic E-state index is 0.796. The highest BCUT2D eigenvalue weighted by molar-refractivity contribution is 5.48. The summed E-state index contributed by atoms with van der Waals surface area (Å²) < 4.78 is 0. The summed E-state index contributed by atoms with van der Waals surface area (Å²) in [5.74, 6) is 0. The van der Waals surface area contributed by atoms with Crippen LogP contribution in [0.1, 0.15) is 25.3 Å². The van der Waals surface area contributed by atoms with E-state index >= 15 is 0 Å². The molecule has 1 saturated carbocycles. The third kappa shape index (κ3) is 2.72. The smallest absolute Gasteiger partial charge is 0.0366 e. The Bertz CT molecular complexity index is 301. The summed E-state index contributed by atoms with van der Waals surface area (Å²) in [6.45, 7) is 4.14. The molecule has 1 fully saturated rings. The maximum atomic E-state index is 3.33. The first-order chi connectivity index (χ1) is 7.31. The lowest BCUT2D eigenvalue weighted by Gasteiger charge is -2.18. The largest absolute Gasteiger partial charge is 0.372 e. The van der Waals surface area contributed by atoms with Gasteiger partial charge in [-0.1, -0.05) is 19.1 Å². The molecule has 0 saturated heterocycles. The van der Waals surface area contributed by atoms with Crippen LogP contribution in [-0.2, 0) is 6.54 Å². The van der Waals surface area contributed by atoms with Crippen molar-refractivity contribution in [3.63, 3.8) is 0 Å². The van der Waals surface area contributed by atoms with Gasteiger partial charge in [0, 0.05) is 25.3 Å². The van der Waals surface area contributed by atoms with Crippen LogP contribution in [0.15, 0.2) is 24.3 Å². The Kier molecular flexibility index (Phi) is 3.27. The Labute approximate surface area is 92.3 Å². The fourth-order valence-corrected chi connectivity index (χ4v) is 1.79. The molecule has 15 heavy (non-hydrogen) atoms. The van der Waals surface area contributed by atoms with Crippen molar-refractivity contribution in [2.45, 2.75) is 32.4 Å². The second-order valence-electron chi connectivity index (χ2n) is 4.29. The number of hydrogen-bond donors (Lipinski definition) is 1. The lowest BCUT2D eigenvalue weighted by Crippen LogP contribution is -2.19. The van der Waals surface area contributed by atoms with Crippen LogP contribution >= 0.6 is 0 Å². The molecule has 0 aliphatic heterocycles. The molecule has 0 spiro atoms. The number of hydrogen-bond acceptors (Lipinski definition) is 2. The van der Waals surface area contributed by atoms with Crippen LogP contribution in [0.2, 0.25) is 0 Å². The summed E-state index contributed by atoms with van der Waals surface area (Å²) in [6.07, 6.45) is 2.71. The van der Waals surface area contributed by atoms with Gasteiger partial charge in [0.1, 0.15) is 0 Å². The summed E-state index contributed by atoms with van der Waals surface area (Å²) >= 11 is 0. The lowest BCUT2D eigenvalue weighted by molar-refractivity contribution is 0.726. The molecule has 1 aliphatic carbocycles. The van der Waals surface area contributed by atoms with Gasteiger partial charge in [0.25, 0.3) is 0 Å². The fourth-order valence-electron chi connectivity index (χ4n) is 1.79. The van der Waals surface area contributed by atoms with E-state index in [2.05, 4.69) is 48.5 Å². The van der Waals surface area contributed by atoms with Crippen molar-refractivity contribution in [3.8, 4) is 0 Å². The van der Waals surface area contributed by atoms with E-state index in [4.69, 9.17) is 0 Å². The molecular formula is C13H20N2. The molecular weight excluding hydrogens is 184 g/mol. The summed E-state index contributed by atoms with van der Waals surface area (Å²) in [4.78, 5) is 2.39. The van der Waals surface area contributed by atoms with Gasteiger partial charge in [0.2, 0.25) is 0 Å². The van der Waals surface area contributed by atoms with Gasteiger partial charge in [-0.25, -0.2) is 0 Å². The molecule has 0 atom stereocenters. The standard InChI is InChI=1S/C13H20N2/c1-3-14-10-11-4-6-12(7-5-11)15(2)13-8-9-13/h4-7,13-14H,3,8-10H2,1-2H3. The zero-order valence-electron chi connectivity index (χ0n) is 9.66. The van der Waals surface area contributed by atoms with E-state index in [0.717, 1.165) is 19.1 Å². The first-order valence-corrected chi connectivity index (χ1v) is 5.83. The Morgan fingerprint density at radius 3 is 2.47 bits per heavy atom. The van der Waals surface area contributed by atoms with Gasteiger partial charge in [-0.2, -0.15) is 0 Å². The van der Waals surface area contributed by atoms with Crippen LogP contribution < -0.4 is 10.2 Å². The van der Waals surface area contributed by atoms with Crippen molar-refractivity contribution in [1.82, 2.24) is 5.32 Å². The minimum absolute atomic E-state index is 0.796. The summed E-state index contributed by atoms with van der Waals surface area (Å²) in [5, 5.41) is 3.33. The van der Waals surface area contributed by atoms with Crippen molar-refractivity contribution in [1.29, 1.82) is 0 Å². The fraction of sp³-hybridized carbons (Fsp3) is 0.538. The first-order valence-electron chi connectivity index (χ1n) is 5.83. The number of rotatable bonds is 5. The molecule has 0 bridgehead atoms. The number of nitrogens with one attached hydrogen (secondary N) is 1. The van der Waals surface area contributed by atoms with E-state index in [1.54, 1.807) is 0 Å². The van der Waals surface area contributed by atoms with Gasteiger partial charge >= 0.3 is 0 Å². The highest BCUT2D eigenvalue weighted by Gasteiger charge is 2.26. The molecule has 0 amide bonds. The van der Waals surface area contributed by atoms with E-state index in [0.29, 0.717) is 0 Å². The number of benzene rings is 1. The van der Waals surface area contributed by atoms with E-state index in [-0.39, 0.29) is 0 Å². The van der Waals surface area contributed by atoms with Crippen molar-refractivity contribution < 1.29 is 0 Å². The number of nitrogens with zero attached hydrogens (tertiary/aromatic N) is 1. The van der Waals surface area contributed by atoms with Gasteiger partial charge in [-0.05, 0) is 37.1 Å². The predicted octanol–water partition coefficient (Wildman–Crippen LogP) is 2.39. The molecule has 0 unspecified atom stereocenters. The summed E-state index contributed by atoms with van der Waals surface area (Å²) in [5.41, 5.74) is 2.71. The highest BCUT2D eigenvalue weighted by Crippen LogP contribution is 2.29. The van der Waals surface area contributed by atoms with Crippen LogP contribution in [0.5, 0.6) is 0 Å². The minimum Gasteiger partial charge on any atom is -0.372 e. The first kappa shape index (κ1) is 10.5. The topological polar surface area (TPSA) is 15.3 Å². The second-order valence-corrected chi connectivity index (χ2v) is 4.29. The van der Waals surface area contributed by atoms with E-state index in [1.807, 2.05) is 0 Å². The molecule has 2 rings (SSSR count). The SMILES string of the molecule is CCNCc1ccc(N(C)C2CC2)cc1. The maximum absolute atomic E-state index is 3.33. The quantitative estimate of drug-likeness (QED) is 0.792. The predicted molar refractivity (Wildman–Crippen MR) is 65.2 cm³/mol. The molecule has 2 nitrogen and oxygen atoms in total. The van der Waals surface area contributed by atoms with Crippen molar-refractivity contribution in [2.24, 2.45) is 0 Å². The molecule has 1 aromatic carbocycles. The highest BCUT2D eigenvalue weighted by atomic mass is 15.2. The molecule has 82 valence electrons. The van der Waals surface area contributed by atoms with Crippen LogP contribution in [0.25, 0.3) is 0 Å². The van der Waals surface area contributed by atoms with E-state index in [1.165, 1.54) is 24.1 Å². The maximum Gasteiger partial charge on any atom is 0.0366 e. The molecule has 1 aliphatic rings. The monoisotopic (exact) mass is 204 g/mol. The Balaban J connectivity index is 1.96. The van der Waals surface area contributed by atoms with Gasteiger partial charge in [-0.3, -0.25) is 0 Å². The van der Waals surface area contributed by atoms with E-state index in [9.17, 15) is 0 Å². The van der Waals surface area contributed by atoms with Crippen molar-refractivity contribution in [3.05, 3.63) is 29.8 Å². The van der Waals surface area contributed by atoms with Gasteiger partial charge in [0.15, 0.2) is 0 Å². The van der Waals surface area contributed by atoms with Crippen LogP contribution in [0.3, 0.4) is 0 Å². The molecule has 0 aromatic heterocycles. The molecule has 0 heterocycles.